The second kappa shape index (κ2) is 14.1. The van der Waals surface area contributed by atoms with Crippen LogP contribution in [-0.2, 0) is 17.6 Å². The van der Waals surface area contributed by atoms with Gasteiger partial charge in [-0.25, -0.2) is 0 Å². The Morgan fingerprint density at radius 2 is 1.78 bits per heavy atom. The first-order valence-electron chi connectivity index (χ1n) is 12.3. The lowest BCUT2D eigenvalue weighted by atomic mass is 10.0. The Kier molecular flexibility index (Phi) is 10.9. The van der Waals surface area contributed by atoms with Crippen molar-refractivity contribution < 1.29 is 18.8 Å². The van der Waals surface area contributed by atoms with Crippen LogP contribution in [0, 0.1) is 5.92 Å². The van der Waals surface area contributed by atoms with Crippen LogP contribution >= 0.6 is 23.2 Å². The molecule has 0 saturated heterocycles. The van der Waals surface area contributed by atoms with Crippen molar-refractivity contribution in [2.24, 2.45) is 11.7 Å². The molecule has 8 nitrogen and oxygen atoms in total. The summed E-state index contributed by atoms with van der Waals surface area (Å²) in [5.74, 6) is 0.187. The van der Waals surface area contributed by atoms with Gasteiger partial charge in [-0.3, -0.25) is 9.59 Å². The number of carbonyl (C=O) groups is 2. The van der Waals surface area contributed by atoms with Crippen molar-refractivity contribution in [2.45, 2.75) is 52.0 Å². The fourth-order valence-corrected chi connectivity index (χ4v) is 3.86. The van der Waals surface area contributed by atoms with Gasteiger partial charge in [0.2, 0.25) is 23.4 Å². The summed E-state index contributed by atoms with van der Waals surface area (Å²) < 4.78 is 11.1. The van der Waals surface area contributed by atoms with E-state index < -0.39 is 6.04 Å². The Bertz CT molecular complexity index is 1180. The van der Waals surface area contributed by atoms with E-state index in [0.717, 1.165) is 23.3 Å². The molecule has 0 saturated carbocycles. The van der Waals surface area contributed by atoms with E-state index in [0.29, 0.717) is 54.8 Å². The summed E-state index contributed by atoms with van der Waals surface area (Å²) >= 11 is 12.0. The Hall–Kier alpha value is -2.94. The Morgan fingerprint density at radius 1 is 1.05 bits per heavy atom. The smallest absolute Gasteiger partial charge is 0.240 e. The molecule has 3 rings (SSSR count). The maximum atomic E-state index is 13.0. The summed E-state index contributed by atoms with van der Waals surface area (Å²) in [6, 6.07) is 12.3. The molecule has 198 valence electrons. The van der Waals surface area contributed by atoms with E-state index in [1.165, 1.54) is 0 Å². The van der Waals surface area contributed by atoms with Gasteiger partial charge in [-0.15, -0.1) is 0 Å². The molecule has 0 fully saturated rings. The van der Waals surface area contributed by atoms with Crippen LogP contribution < -0.4 is 15.8 Å². The van der Waals surface area contributed by atoms with Crippen molar-refractivity contribution >= 4 is 34.9 Å². The highest BCUT2D eigenvalue weighted by molar-refractivity contribution is 6.42. The minimum atomic E-state index is -0.716. The van der Waals surface area contributed by atoms with Gasteiger partial charge in [-0.05, 0) is 61.2 Å². The van der Waals surface area contributed by atoms with Gasteiger partial charge in [0, 0.05) is 12.3 Å². The first kappa shape index (κ1) is 28.6. The fourth-order valence-electron chi connectivity index (χ4n) is 3.54. The normalized spacial score (nSPS) is 11.9. The molecule has 10 heteroatoms. The molecule has 0 radical (unpaired) electrons. The van der Waals surface area contributed by atoms with Crippen LogP contribution in [0.4, 0.5) is 0 Å². The standard InChI is InChI=1S/C27H32Cl2N4O4/c1-17(2)27(35)31-23(5-3-4-13-30)25(34)26-32-24(37-33-26)16-18-6-9-20(10-7-18)36-14-12-19-8-11-21(28)22(29)15-19/h6-11,15,17,23H,3-5,12-14,16,30H2,1-2H3,(H,31,35)/t23-/m0/s1. The summed E-state index contributed by atoms with van der Waals surface area (Å²) in [4.78, 5) is 29.4. The topological polar surface area (TPSA) is 120 Å². The molecule has 3 N–H and O–H groups in total. The van der Waals surface area contributed by atoms with Gasteiger partial charge >= 0.3 is 0 Å². The van der Waals surface area contributed by atoms with Crippen LogP contribution in [0.5, 0.6) is 5.75 Å². The van der Waals surface area contributed by atoms with E-state index in [9.17, 15) is 9.59 Å². The number of benzene rings is 2. The number of nitrogens with two attached hydrogens (primary N) is 1. The molecule has 0 aliphatic carbocycles. The van der Waals surface area contributed by atoms with Gasteiger partial charge in [-0.2, -0.15) is 4.98 Å². The maximum Gasteiger partial charge on any atom is 0.240 e. The lowest BCUT2D eigenvalue weighted by Gasteiger charge is -2.17. The van der Waals surface area contributed by atoms with Crippen molar-refractivity contribution in [3.63, 3.8) is 0 Å². The highest BCUT2D eigenvalue weighted by Gasteiger charge is 2.27. The molecule has 3 aromatic rings. The molecule has 0 aliphatic rings. The Balaban J connectivity index is 1.55. The zero-order chi connectivity index (χ0) is 26.8. The van der Waals surface area contributed by atoms with Gasteiger partial charge in [0.15, 0.2) is 0 Å². The molecule has 37 heavy (non-hydrogen) atoms. The van der Waals surface area contributed by atoms with Crippen molar-refractivity contribution in [2.75, 3.05) is 13.2 Å². The average Bonchev–Trinajstić information content (AvgIpc) is 3.34. The molecule has 1 amide bonds. The predicted molar refractivity (Wildman–Crippen MR) is 143 cm³/mol. The number of rotatable bonds is 14. The van der Waals surface area contributed by atoms with Gasteiger partial charge in [-0.1, -0.05) is 60.4 Å². The summed E-state index contributed by atoms with van der Waals surface area (Å²) in [6.07, 6.45) is 2.99. The number of aromatic nitrogens is 2. The van der Waals surface area contributed by atoms with Crippen LogP contribution in [0.2, 0.25) is 10.0 Å². The molecule has 0 aliphatic heterocycles. The number of hydrogen-bond acceptors (Lipinski definition) is 7. The van der Waals surface area contributed by atoms with Crippen molar-refractivity contribution in [1.82, 2.24) is 15.5 Å². The quantitative estimate of drug-likeness (QED) is 0.214. The summed E-state index contributed by atoms with van der Waals surface area (Å²) in [5.41, 5.74) is 7.53. The number of Topliss-reactive ketones (excluding diaryl/α,β-unsaturated/α-hetero) is 1. The van der Waals surface area contributed by atoms with Crippen molar-refractivity contribution in [1.29, 1.82) is 0 Å². The number of unbranched alkanes of at least 4 members (excludes halogenated alkanes) is 1. The van der Waals surface area contributed by atoms with E-state index in [1.54, 1.807) is 19.9 Å². The highest BCUT2D eigenvalue weighted by atomic mass is 35.5. The van der Waals surface area contributed by atoms with E-state index in [-0.39, 0.29) is 23.4 Å². The number of nitrogens with zero attached hydrogens (tertiary/aromatic N) is 2. The molecular weight excluding hydrogens is 515 g/mol. The number of nitrogens with one attached hydrogen (secondary N) is 1. The molecule has 1 aromatic heterocycles. The maximum absolute atomic E-state index is 13.0. The molecule has 0 unspecified atom stereocenters. The van der Waals surface area contributed by atoms with E-state index in [2.05, 4.69) is 15.5 Å². The minimum Gasteiger partial charge on any atom is -0.493 e. The van der Waals surface area contributed by atoms with Crippen molar-refractivity contribution in [3.8, 4) is 5.75 Å². The average molecular weight is 547 g/mol. The van der Waals surface area contributed by atoms with Crippen LogP contribution in [0.1, 0.15) is 60.7 Å². The molecular formula is C27H32Cl2N4O4. The van der Waals surface area contributed by atoms with Crippen molar-refractivity contribution in [3.05, 3.63) is 75.4 Å². The van der Waals surface area contributed by atoms with Crippen LogP contribution in [0.25, 0.3) is 0 Å². The second-order valence-corrected chi connectivity index (χ2v) is 9.86. The third-order valence-corrected chi connectivity index (χ3v) is 6.45. The predicted octanol–water partition coefficient (Wildman–Crippen LogP) is 5.04. The summed E-state index contributed by atoms with van der Waals surface area (Å²) in [7, 11) is 0. The largest absolute Gasteiger partial charge is 0.493 e. The molecule has 2 aromatic carbocycles. The van der Waals surface area contributed by atoms with Crippen LogP contribution in [-0.4, -0.2) is 41.0 Å². The monoisotopic (exact) mass is 546 g/mol. The minimum absolute atomic E-state index is 0.0425. The van der Waals surface area contributed by atoms with Gasteiger partial charge < -0.3 is 20.3 Å². The number of carbonyl (C=O) groups excluding carboxylic acids is 2. The van der Waals surface area contributed by atoms with Gasteiger partial charge in [0.05, 0.1) is 29.1 Å². The number of ether oxygens (including phenoxy) is 1. The first-order chi connectivity index (χ1) is 17.8. The van der Waals surface area contributed by atoms with E-state index >= 15 is 0 Å². The SMILES string of the molecule is CC(C)C(=O)N[C@@H](CCCCN)C(=O)c1noc(Cc2ccc(OCCc3ccc(Cl)c(Cl)c3)cc2)n1. The summed E-state index contributed by atoms with van der Waals surface area (Å²) in [5, 5.41) is 7.70. The van der Waals surface area contributed by atoms with Crippen LogP contribution in [0.3, 0.4) is 0 Å². The highest BCUT2D eigenvalue weighted by Crippen LogP contribution is 2.23. The fraction of sp³-hybridized carbons (Fsp3) is 0.407. The van der Waals surface area contributed by atoms with E-state index in [4.69, 9.17) is 38.2 Å². The molecule has 1 heterocycles. The molecule has 0 bridgehead atoms. The number of amides is 1. The molecule has 0 spiro atoms. The lowest BCUT2D eigenvalue weighted by molar-refractivity contribution is -0.124. The zero-order valence-corrected chi connectivity index (χ0v) is 22.5. The zero-order valence-electron chi connectivity index (χ0n) is 21.0. The van der Waals surface area contributed by atoms with E-state index in [1.807, 2.05) is 36.4 Å². The Labute approximate surface area is 226 Å². The lowest BCUT2D eigenvalue weighted by Crippen LogP contribution is -2.43. The number of hydrogen-bond donors (Lipinski definition) is 2. The third kappa shape index (κ3) is 8.84. The number of ketones is 1. The second-order valence-electron chi connectivity index (χ2n) is 9.04. The summed E-state index contributed by atoms with van der Waals surface area (Å²) in [6.45, 7) is 4.56. The number of halogens is 2. The van der Waals surface area contributed by atoms with Crippen LogP contribution in [0.15, 0.2) is 47.0 Å². The van der Waals surface area contributed by atoms with Gasteiger partial charge in [0.25, 0.3) is 0 Å². The third-order valence-electron chi connectivity index (χ3n) is 5.71. The van der Waals surface area contributed by atoms with Gasteiger partial charge in [0.1, 0.15) is 5.75 Å². The molecule has 1 atom stereocenters. The Morgan fingerprint density at radius 3 is 2.46 bits per heavy atom. The first-order valence-corrected chi connectivity index (χ1v) is 13.0.